The number of hydrogen-bond donors (Lipinski definition) is 0. The van der Waals surface area contributed by atoms with Crippen molar-refractivity contribution >= 4 is 9.52 Å². The first-order chi connectivity index (χ1) is 8.41. The van der Waals surface area contributed by atoms with E-state index in [4.69, 9.17) is 0 Å². The summed E-state index contributed by atoms with van der Waals surface area (Å²) in [6, 6.07) is 0. The zero-order valence-corrected chi connectivity index (χ0v) is 20.3. The van der Waals surface area contributed by atoms with E-state index in [2.05, 4.69) is 77.2 Å². The van der Waals surface area contributed by atoms with Crippen LogP contribution in [-0.4, -0.2) is 9.52 Å². The minimum absolute atomic E-state index is 0. The average molecular weight is 509 g/mol. The van der Waals surface area contributed by atoms with Crippen molar-refractivity contribution in [2.45, 2.75) is 53.6 Å². The van der Waals surface area contributed by atoms with E-state index in [-0.39, 0.29) is 50.7 Å². The minimum Gasteiger partial charge on any atom is -1.00 e. The summed E-state index contributed by atoms with van der Waals surface area (Å²) in [5, 5.41) is 0. The molecule has 0 spiro atoms. The second-order valence-corrected chi connectivity index (χ2v) is 6.65. The second-order valence-electron chi connectivity index (χ2n) is 5.49. The average Bonchev–Trinajstić information content (AvgIpc) is 2.89. The Bertz CT molecular complexity index is 348. The van der Waals surface area contributed by atoms with Gasteiger partial charge < -0.3 is 24.8 Å². The Morgan fingerprint density at radius 3 is 1.52 bits per heavy atom. The molecule has 0 bridgehead atoms. The topological polar surface area (TPSA) is 0 Å². The van der Waals surface area contributed by atoms with Gasteiger partial charge in [-0.2, -0.15) is 12.2 Å². The minimum atomic E-state index is 0. The molecule has 2 rings (SSSR count). The van der Waals surface area contributed by atoms with Gasteiger partial charge in [-0.25, -0.2) is 23.3 Å². The number of allylic oxidation sites excluding steroid dienone is 8. The molecule has 0 aromatic carbocycles. The van der Waals surface area contributed by atoms with Crippen LogP contribution in [0.3, 0.4) is 0 Å². The van der Waals surface area contributed by atoms with E-state index in [1.54, 1.807) is 0 Å². The van der Waals surface area contributed by atoms with Crippen molar-refractivity contribution in [1.82, 2.24) is 0 Å². The summed E-state index contributed by atoms with van der Waals surface area (Å²) in [6.45, 7) is 13.1. The summed E-state index contributed by atoms with van der Waals surface area (Å²) in [5.74, 6) is 0. The standard InChI is InChI=1S/C9H13.C6H7.C2H7Si.2ClH.Hf/c1-9(2,3)8-6-4-5-7-8;1-6-4-2-3-5-6;1-3-2;;;/h4,6H,5H2,1-3H3;2,4H,3H2,1H3;3H,1-2H3;2*1H;/q2*-1;;;;+4/p-2. The molecule has 2 aliphatic carbocycles. The van der Waals surface area contributed by atoms with Crippen LogP contribution < -0.4 is 24.8 Å². The molecule has 4 heteroatoms. The molecule has 0 nitrogen and oxygen atoms in total. The number of halogens is 2. The van der Waals surface area contributed by atoms with Gasteiger partial charge in [0.2, 0.25) is 0 Å². The SMILES string of the molecule is CC(C)(C)C1=[C-]CC=C1.CC1=[C-]CC=C1.C[SiH]C.[Cl-].[Cl-].[Hf+4]. The van der Waals surface area contributed by atoms with Crippen LogP contribution in [0, 0.1) is 17.6 Å². The van der Waals surface area contributed by atoms with Crippen LogP contribution in [0.5, 0.6) is 0 Å². The predicted molar refractivity (Wildman–Crippen MR) is 85.0 cm³/mol. The maximum Gasteiger partial charge on any atom is 4.00 e. The molecule has 0 aliphatic heterocycles. The smallest absolute Gasteiger partial charge is 1.00 e. The first-order valence-corrected chi connectivity index (χ1v) is 8.98. The van der Waals surface area contributed by atoms with Crippen LogP contribution in [0.1, 0.15) is 40.5 Å². The van der Waals surface area contributed by atoms with Crippen molar-refractivity contribution < 1.29 is 50.7 Å². The summed E-state index contributed by atoms with van der Waals surface area (Å²) in [7, 11) is 0.750. The van der Waals surface area contributed by atoms with Crippen LogP contribution in [0.25, 0.3) is 0 Å². The largest absolute Gasteiger partial charge is 4.00 e. The van der Waals surface area contributed by atoms with Crippen LogP contribution >= 0.6 is 0 Å². The molecule has 0 aromatic heterocycles. The van der Waals surface area contributed by atoms with Gasteiger partial charge in [0.15, 0.2) is 0 Å². The fourth-order valence-corrected chi connectivity index (χ4v) is 1.43. The molecule has 21 heavy (non-hydrogen) atoms. The van der Waals surface area contributed by atoms with Gasteiger partial charge in [-0.15, -0.1) is 12.8 Å². The quantitative estimate of drug-likeness (QED) is 0.289. The zero-order valence-electron chi connectivity index (χ0n) is 14.1. The molecule has 0 amide bonds. The van der Waals surface area contributed by atoms with Gasteiger partial charge in [-0.1, -0.05) is 40.8 Å². The van der Waals surface area contributed by atoms with Gasteiger partial charge in [0.05, 0.1) is 0 Å². The van der Waals surface area contributed by atoms with Crippen LogP contribution in [0.4, 0.5) is 0 Å². The third-order valence-corrected chi connectivity index (χ3v) is 2.37. The molecule has 0 aromatic rings. The Morgan fingerprint density at radius 1 is 0.952 bits per heavy atom. The maximum absolute atomic E-state index is 3.30. The molecule has 0 saturated heterocycles. The molecular weight excluding hydrogens is 482 g/mol. The normalized spacial score (nSPS) is 14.0. The van der Waals surface area contributed by atoms with E-state index >= 15 is 0 Å². The molecule has 0 fully saturated rings. The molecule has 2 aliphatic rings. The molecule has 0 N–H and O–H groups in total. The van der Waals surface area contributed by atoms with Crippen LogP contribution in [-0.2, 0) is 25.8 Å². The first kappa shape index (κ1) is 29.6. The second kappa shape index (κ2) is 17.0. The van der Waals surface area contributed by atoms with Crippen molar-refractivity contribution in [3.63, 3.8) is 0 Å². The monoisotopic (exact) mass is 509 g/mol. The van der Waals surface area contributed by atoms with Crippen molar-refractivity contribution in [1.29, 1.82) is 0 Å². The van der Waals surface area contributed by atoms with Gasteiger partial charge in [0.1, 0.15) is 0 Å². The summed E-state index contributed by atoms with van der Waals surface area (Å²) < 4.78 is 0. The molecule has 117 valence electrons. The third-order valence-electron chi connectivity index (χ3n) is 2.37. The van der Waals surface area contributed by atoms with Crippen molar-refractivity contribution in [2.24, 2.45) is 5.41 Å². The van der Waals surface area contributed by atoms with E-state index < -0.39 is 0 Å². The Kier molecular flexibility index (Phi) is 24.0. The van der Waals surface area contributed by atoms with E-state index in [9.17, 15) is 0 Å². The van der Waals surface area contributed by atoms with Crippen molar-refractivity contribution in [3.8, 4) is 0 Å². The van der Waals surface area contributed by atoms with E-state index in [0.717, 1.165) is 22.4 Å². The zero-order chi connectivity index (χ0) is 14.0. The van der Waals surface area contributed by atoms with Gasteiger partial charge in [-0.3, -0.25) is 12.2 Å². The summed E-state index contributed by atoms with van der Waals surface area (Å²) >= 11 is 0. The van der Waals surface area contributed by atoms with Gasteiger partial charge in [-0.05, 0) is 5.41 Å². The maximum atomic E-state index is 3.30. The molecular formula is C17H27Cl2HfSi. The molecule has 1 radical (unpaired) electrons. The fraction of sp³-hybridized carbons (Fsp3) is 0.529. The van der Waals surface area contributed by atoms with Gasteiger partial charge in [0.25, 0.3) is 0 Å². The summed E-state index contributed by atoms with van der Waals surface area (Å²) in [5.41, 5.74) is 2.92. The third kappa shape index (κ3) is 16.8. The van der Waals surface area contributed by atoms with E-state index in [1.165, 1.54) is 11.1 Å². The molecule has 0 heterocycles. The van der Waals surface area contributed by atoms with Crippen LogP contribution in [0.15, 0.2) is 35.5 Å². The first-order valence-electron chi connectivity index (χ1n) is 6.67. The summed E-state index contributed by atoms with van der Waals surface area (Å²) in [6.07, 6.45) is 17.0. The van der Waals surface area contributed by atoms with Crippen molar-refractivity contribution in [3.05, 3.63) is 47.6 Å². The molecule has 0 unspecified atom stereocenters. The molecule has 0 saturated carbocycles. The van der Waals surface area contributed by atoms with Crippen molar-refractivity contribution in [2.75, 3.05) is 0 Å². The number of hydrogen-bond acceptors (Lipinski definition) is 0. The predicted octanol–water partition coefficient (Wildman–Crippen LogP) is -1.06. The van der Waals surface area contributed by atoms with E-state index in [1.807, 2.05) is 0 Å². The van der Waals surface area contributed by atoms with Crippen LogP contribution in [0.2, 0.25) is 13.1 Å². The Morgan fingerprint density at radius 2 is 1.38 bits per heavy atom. The Labute approximate surface area is 166 Å². The fourth-order valence-electron chi connectivity index (χ4n) is 1.43. The molecule has 0 atom stereocenters. The summed E-state index contributed by atoms with van der Waals surface area (Å²) in [4.78, 5) is 0. The van der Waals surface area contributed by atoms with Gasteiger partial charge in [0, 0.05) is 9.52 Å². The van der Waals surface area contributed by atoms with Gasteiger partial charge >= 0.3 is 25.8 Å². The van der Waals surface area contributed by atoms with E-state index in [0.29, 0.717) is 5.41 Å². The number of rotatable bonds is 0. The Balaban J connectivity index is -0.000000107. The Hall–Kier alpha value is 0.627.